The highest BCUT2D eigenvalue weighted by Crippen LogP contribution is 2.32. The van der Waals surface area contributed by atoms with E-state index in [-0.39, 0.29) is 18.1 Å². The van der Waals surface area contributed by atoms with Gasteiger partial charge in [-0.2, -0.15) is 0 Å². The van der Waals surface area contributed by atoms with Gasteiger partial charge in [-0.15, -0.1) is 11.3 Å². The van der Waals surface area contributed by atoms with E-state index < -0.39 is 5.92 Å². The van der Waals surface area contributed by atoms with Crippen LogP contribution in [-0.2, 0) is 4.79 Å². The van der Waals surface area contributed by atoms with Crippen LogP contribution in [-0.4, -0.2) is 34.7 Å². The molecule has 1 fully saturated rings. The maximum Gasteiger partial charge on any atom is 0.223 e. The lowest BCUT2D eigenvalue weighted by atomic mass is 9.94. The van der Waals surface area contributed by atoms with E-state index in [2.05, 4.69) is 4.98 Å². The van der Waals surface area contributed by atoms with Gasteiger partial charge in [0.1, 0.15) is 5.01 Å². The first-order valence-electron chi connectivity index (χ1n) is 8.95. The largest absolute Gasteiger partial charge is 0.343 e. The van der Waals surface area contributed by atoms with Gasteiger partial charge in [0.05, 0.1) is 16.1 Å². The van der Waals surface area contributed by atoms with Crippen LogP contribution < -0.4 is 0 Å². The molecule has 132 valence electrons. The molecule has 1 aliphatic rings. The number of hydrogen-bond donors (Lipinski definition) is 0. The zero-order chi connectivity index (χ0) is 17.9. The average molecular weight is 364 g/mol. The Hall–Kier alpha value is -2.53. The van der Waals surface area contributed by atoms with E-state index >= 15 is 0 Å². The average Bonchev–Trinajstić information content (AvgIpc) is 3.35. The molecule has 0 saturated carbocycles. The highest BCUT2D eigenvalue weighted by atomic mass is 32.1. The first kappa shape index (κ1) is 16.9. The highest BCUT2D eigenvalue weighted by molar-refractivity contribution is 7.18. The molecular weight excluding hydrogens is 344 g/mol. The third-order valence-corrected chi connectivity index (χ3v) is 5.97. The Kier molecular flexibility index (Phi) is 4.80. The quantitative estimate of drug-likeness (QED) is 0.635. The monoisotopic (exact) mass is 364 g/mol. The van der Waals surface area contributed by atoms with Crippen LogP contribution >= 0.6 is 11.3 Å². The van der Waals surface area contributed by atoms with Gasteiger partial charge in [0.25, 0.3) is 0 Å². The second-order valence-corrected chi connectivity index (χ2v) is 7.66. The number of carbonyl (C=O) groups excluding carboxylic acids is 2. The molecule has 4 nitrogen and oxygen atoms in total. The number of ketones is 1. The molecule has 2 heterocycles. The number of nitrogens with zero attached hydrogens (tertiary/aromatic N) is 2. The van der Waals surface area contributed by atoms with Gasteiger partial charge >= 0.3 is 0 Å². The van der Waals surface area contributed by atoms with Crippen molar-refractivity contribution in [2.45, 2.75) is 25.2 Å². The Bertz CT molecular complexity index is 896. The van der Waals surface area contributed by atoms with E-state index in [0.717, 1.165) is 41.2 Å². The standard InChI is InChI=1S/C21H20N2O2S/c24-19(23-12-6-7-13-23)14-16(20(25)15-8-2-1-3-9-15)21-22-17-10-4-5-11-18(17)26-21/h1-5,8-11,16H,6-7,12-14H2/t16-/m0/s1. The van der Waals surface area contributed by atoms with Crippen molar-refractivity contribution < 1.29 is 9.59 Å². The summed E-state index contributed by atoms with van der Waals surface area (Å²) in [7, 11) is 0. The van der Waals surface area contributed by atoms with Crippen molar-refractivity contribution in [3.63, 3.8) is 0 Å². The van der Waals surface area contributed by atoms with E-state index in [4.69, 9.17) is 0 Å². The number of carbonyl (C=O) groups is 2. The Morgan fingerprint density at radius 1 is 1.00 bits per heavy atom. The summed E-state index contributed by atoms with van der Waals surface area (Å²) < 4.78 is 1.04. The molecule has 0 radical (unpaired) electrons. The van der Waals surface area contributed by atoms with Crippen LogP contribution in [0.25, 0.3) is 10.2 Å². The smallest absolute Gasteiger partial charge is 0.223 e. The first-order chi connectivity index (χ1) is 12.7. The number of thiazole rings is 1. The van der Waals surface area contributed by atoms with Crippen molar-refractivity contribution in [3.8, 4) is 0 Å². The normalized spacial score (nSPS) is 15.3. The molecule has 3 aromatic rings. The summed E-state index contributed by atoms with van der Waals surface area (Å²) >= 11 is 1.51. The number of likely N-dealkylation sites (tertiary alicyclic amines) is 1. The molecule has 0 bridgehead atoms. The SMILES string of the molecule is O=C(c1ccccc1)[C@H](CC(=O)N1CCCC1)c1nc2ccccc2s1. The van der Waals surface area contributed by atoms with E-state index in [0.29, 0.717) is 5.56 Å². The van der Waals surface area contributed by atoms with E-state index in [1.807, 2.05) is 59.5 Å². The third kappa shape index (κ3) is 3.40. The number of amides is 1. The van der Waals surface area contributed by atoms with Gasteiger partial charge in [0.2, 0.25) is 5.91 Å². The van der Waals surface area contributed by atoms with Crippen LogP contribution in [0.1, 0.15) is 40.5 Å². The first-order valence-corrected chi connectivity index (χ1v) is 9.76. The minimum Gasteiger partial charge on any atom is -0.343 e. The second kappa shape index (κ2) is 7.38. The summed E-state index contributed by atoms with van der Waals surface area (Å²) in [6, 6.07) is 17.1. The lowest BCUT2D eigenvalue weighted by Crippen LogP contribution is -2.30. The van der Waals surface area contributed by atoms with Crippen LogP contribution in [0.3, 0.4) is 0 Å². The van der Waals surface area contributed by atoms with Gasteiger partial charge in [-0.05, 0) is 25.0 Å². The Morgan fingerprint density at radius 3 is 2.42 bits per heavy atom. The number of rotatable bonds is 5. The molecule has 0 unspecified atom stereocenters. The summed E-state index contributed by atoms with van der Waals surface area (Å²) in [5, 5.41) is 0.729. The Balaban J connectivity index is 1.68. The van der Waals surface area contributed by atoms with Gasteiger partial charge in [0.15, 0.2) is 5.78 Å². The van der Waals surface area contributed by atoms with E-state index in [1.54, 1.807) is 0 Å². The number of Topliss-reactive ketones (excluding diaryl/α,β-unsaturated/α-hetero) is 1. The number of hydrogen-bond acceptors (Lipinski definition) is 4. The van der Waals surface area contributed by atoms with Crippen LogP contribution in [0.5, 0.6) is 0 Å². The Labute approximate surface area is 156 Å². The fourth-order valence-corrected chi connectivity index (χ4v) is 4.47. The minimum atomic E-state index is -0.525. The van der Waals surface area contributed by atoms with Crippen molar-refractivity contribution in [2.24, 2.45) is 0 Å². The van der Waals surface area contributed by atoms with Crippen LogP contribution in [0, 0.1) is 0 Å². The summed E-state index contributed by atoms with van der Waals surface area (Å²) in [6.45, 7) is 1.59. The summed E-state index contributed by atoms with van der Waals surface area (Å²) in [6.07, 6.45) is 2.28. The molecule has 1 saturated heterocycles. The summed E-state index contributed by atoms with van der Waals surface area (Å²) in [5.74, 6) is -0.504. The number of fused-ring (bicyclic) bond motifs is 1. The highest BCUT2D eigenvalue weighted by Gasteiger charge is 2.30. The lowest BCUT2D eigenvalue weighted by Gasteiger charge is -2.19. The maximum atomic E-state index is 13.2. The van der Waals surface area contributed by atoms with Gasteiger partial charge in [-0.3, -0.25) is 9.59 Å². The topological polar surface area (TPSA) is 50.3 Å². The molecular formula is C21H20N2O2S. The van der Waals surface area contributed by atoms with Crippen LogP contribution in [0.4, 0.5) is 0 Å². The minimum absolute atomic E-state index is 0.0304. The van der Waals surface area contributed by atoms with E-state index in [1.165, 1.54) is 11.3 Å². The molecule has 4 rings (SSSR count). The molecule has 1 atom stereocenters. The second-order valence-electron chi connectivity index (χ2n) is 6.59. The van der Waals surface area contributed by atoms with Crippen LogP contribution in [0.15, 0.2) is 54.6 Å². The lowest BCUT2D eigenvalue weighted by molar-refractivity contribution is -0.130. The molecule has 1 amide bonds. The number of aromatic nitrogens is 1. The van der Waals surface area contributed by atoms with Gasteiger partial charge < -0.3 is 4.90 Å². The predicted octanol–water partition coefficient (Wildman–Crippen LogP) is 4.28. The zero-order valence-electron chi connectivity index (χ0n) is 14.4. The van der Waals surface area contributed by atoms with Crippen molar-refractivity contribution in [1.29, 1.82) is 0 Å². The zero-order valence-corrected chi connectivity index (χ0v) is 15.2. The number of benzene rings is 2. The summed E-state index contributed by atoms with van der Waals surface area (Å²) in [4.78, 5) is 32.4. The van der Waals surface area contributed by atoms with Gasteiger partial charge in [-0.25, -0.2) is 4.98 Å². The predicted molar refractivity (Wildman–Crippen MR) is 104 cm³/mol. The molecule has 1 aromatic heterocycles. The number of para-hydroxylation sites is 1. The summed E-state index contributed by atoms with van der Waals surface area (Å²) in [5.41, 5.74) is 1.51. The van der Waals surface area contributed by atoms with Gasteiger partial charge in [-0.1, -0.05) is 42.5 Å². The van der Waals surface area contributed by atoms with Crippen LogP contribution in [0.2, 0.25) is 0 Å². The van der Waals surface area contributed by atoms with Crippen molar-refractivity contribution in [1.82, 2.24) is 9.88 Å². The fourth-order valence-electron chi connectivity index (χ4n) is 3.41. The molecule has 2 aromatic carbocycles. The molecule has 26 heavy (non-hydrogen) atoms. The maximum absolute atomic E-state index is 13.2. The van der Waals surface area contributed by atoms with E-state index in [9.17, 15) is 9.59 Å². The third-order valence-electron chi connectivity index (χ3n) is 4.82. The molecule has 1 aliphatic heterocycles. The molecule has 0 spiro atoms. The van der Waals surface area contributed by atoms with Crippen molar-refractivity contribution in [3.05, 3.63) is 65.2 Å². The molecule has 0 N–H and O–H groups in total. The van der Waals surface area contributed by atoms with Gasteiger partial charge in [0, 0.05) is 25.1 Å². The van der Waals surface area contributed by atoms with Crippen molar-refractivity contribution >= 4 is 33.2 Å². The molecule has 5 heteroatoms. The fraction of sp³-hybridized carbons (Fsp3) is 0.286. The van der Waals surface area contributed by atoms with Crippen molar-refractivity contribution in [2.75, 3.05) is 13.1 Å². The molecule has 0 aliphatic carbocycles. The Morgan fingerprint density at radius 2 is 1.69 bits per heavy atom.